The van der Waals surface area contributed by atoms with Gasteiger partial charge in [0.05, 0.1) is 17.1 Å². The van der Waals surface area contributed by atoms with E-state index in [0.717, 1.165) is 6.42 Å². The Balaban J connectivity index is 2.20. The van der Waals surface area contributed by atoms with Gasteiger partial charge in [0, 0.05) is 11.7 Å². The van der Waals surface area contributed by atoms with E-state index in [1.54, 1.807) is 24.3 Å². The summed E-state index contributed by atoms with van der Waals surface area (Å²) in [5.74, 6) is 0.0708. The molecule has 1 unspecified atom stereocenters. The average Bonchev–Trinajstić information content (AvgIpc) is 2.66. The lowest BCUT2D eigenvalue weighted by Crippen LogP contribution is -2.16. The molecule has 0 saturated carbocycles. The molecular weight excluding hydrogens is 362 g/mol. The van der Waals surface area contributed by atoms with Gasteiger partial charge >= 0.3 is 11.7 Å². The number of esters is 1. The Morgan fingerprint density at radius 3 is 2.39 bits per heavy atom. The Bertz CT molecular complexity index is 824. The number of nitro groups is 1. The predicted octanol–water partition coefficient (Wildman–Crippen LogP) is 4.15. The minimum Gasteiger partial charge on any atom is -0.462 e. The second kappa shape index (κ2) is 9.63. The summed E-state index contributed by atoms with van der Waals surface area (Å²) in [6.45, 7) is 8.14. The maximum absolute atomic E-state index is 12.0. The van der Waals surface area contributed by atoms with Crippen LogP contribution in [0.5, 0.6) is 0 Å². The van der Waals surface area contributed by atoms with Gasteiger partial charge in [0.15, 0.2) is 0 Å². The number of anilines is 3. The number of nitrogens with one attached hydrogen (secondary N) is 2. The van der Waals surface area contributed by atoms with Gasteiger partial charge in [-0.05, 0) is 43.5 Å². The Morgan fingerprint density at radius 2 is 1.82 bits per heavy atom. The van der Waals surface area contributed by atoms with Gasteiger partial charge < -0.3 is 15.4 Å². The van der Waals surface area contributed by atoms with Crippen molar-refractivity contribution in [3.8, 4) is 0 Å². The van der Waals surface area contributed by atoms with E-state index < -0.39 is 10.9 Å². The van der Waals surface area contributed by atoms with Crippen molar-refractivity contribution in [2.24, 2.45) is 5.92 Å². The molecule has 0 amide bonds. The fraction of sp³-hybridized carbons (Fsp3) is 0.421. The Morgan fingerprint density at radius 1 is 1.18 bits per heavy atom. The topological polar surface area (TPSA) is 119 Å². The minimum atomic E-state index is -0.523. The number of rotatable bonds is 9. The van der Waals surface area contributed by atoms with Gasteiger partial charge in [0.1, 0.15) is 6.33 Å². The van der Waals surface area contributed by atoms with Crippen molar-refractivity contribution in [1.82, 2.24) is 9.97 Å². The van der Waals surface area contributed by atoms with E-state index in [-0.39, 0.29) is 29.3 Å². The van der Waals surface area contributed by atoms with Gasteiger partial charge in [-0.25, -0.2) is 14.8 Å². The van der Waals surface area contributed by atoms with Crippen molar-refractivity contribution in [2.45, 2.75) is 40.2 Å². The quantitative estimate of drug-likeness (QED) is 0.374. The zero-order valence-electron chi connectivity index (χ0n) is 16.4. The van der Waals surface area contributed by atoms with Crippen LogP contribution in [0.3, 0.4) is 0 Å². The van der Waals surface area contributed by atoms with Gasteiger partial charge in [0.25, 0.3) is 0 Å². The van der Waals surface area contributed by atoms with Crippen LogP contribution in [0.15, 0.2) is 30.6 Å². The molecule has 150 valence electrons. The molecule has 1 aromatic carbocycles. The van der Waals surface area contributed by atoms with Gasteiger partial charge in [-0.3, -0.25) is 10.1 Å². The fourth-order valence-electron chi connectivity index (χ4n) is 2.24. The van der Waals surface area contributed by atoms with Gasteiger partial charge in [0.2, 0.25) is 11.6 Å². The molecule has 9 heteroatoms. The molecular formula is C19H25N5O4. The highest BCUT2D eigenvalue weighted by Crippen LogP contribution is 2.31. The summed E-state index contributed by atoms with van der Waals surface area (Å²) >= 11 is 0. The lowest BCUT2D eigenvalue weighted by atomic mass is 10.2. The summed E-state index contributed by atoms with van der Waals surface area (Å²) in [6.07, 6.45) is 2.05. The first-order chi connectivity index (χ1) is 13.3. The van der Waals surface area contributed by atoms with Crippen LogP contribution in [0.25, 0.3) is 0 Å². The highest BCUT2D eigenvalue weighted by atomic mass is 16.6. The van der Waals surface area contributed by atoms with E-state index in [2.05, 4.69) is 20.6 Å². The Kier molecular flexibility index (Phi) is 7.25. The molecule has 0 spiro atoms. The van der Waals surface area contributed by atoms with E-state index in [9.17, 15) is 14.9 Å². The van der Waals surface area contributed by atoms with Crippen molar-refractivity contribution in [3.63, 3.8) is 0 Å². The van der Waals surface area contributed by atoms with Crippen LogP contribution in [0.1, 0.15) is 44.5 Å². The molecule has 0 aliphatic carbocycles. The molecule has 2 rings (SSSR count). The fourth-order valence-corrected chi connectivity index (χ4v) is 2.24. The van der Waals surface area contributed by atoms with Crippen molar-refractivity contribution in [1.29, 1.82) is 0 Å². The van der Waals surface area contributed by atoms with Crippen LogP contribution >= 0.6 is 0 Å². The van der Waals surface area contributed by atoms with Gasteiger partial charge in [-0.15, -0.1) is 0 Å². The summed E-state index contributed by atoms with van der Waals surface area (Å²) in [7, 11) is 0. The number of hydrogen-bond donors (Lipinski definition) is 2. The molecule has 0 fully saturated rings. The zero-order chi connectivity index (χ0) is 20.7. The minimum absolute atomic E-state index is 0.0255. The van der Waals surface area contributed by atoms with Crippen molar-refractivity contribution >= 4 is 29.0 Å². The summed E-state index contributed by atoms with van der Waals surface area (Å²) in [6, 6.07) is 6.49. The second-order valence-corrected chi connectivity index (χ2v) is 6.82. The molecule has 1 heterocycles. The third-order valence-electron chi connectivity index (χ3n) is 3.93. The van der Waals surface area contributed by atoms with E-state index in [0.29, 0.717) is 17.9 Å². The molecule has 28 heavy (non-hydrogen) atoms. The van der Waals surface area contributed by atoms with E-state index >= 15 is 0 Å². The highest BCUT2D eigenvalue weighted by molar-refractivity contribution is 5.90. The molecule has 0 aliphatic heterocycles. The number of nitrogens with zero attached hydrogens (tertiary/aromatic N) is 3. The number of ether oxygens (including phenoxy) is 1. The molecule has 0 radical (unpaired) electrons. The normalized spacial score (nSPS) is 11.8. The van der Waals surface area contributed by atoms with Crippen molar-refractivity contribution in [3.05, 3.63) is 46.3 Å². The van der Waals surface area contributed by atoms with Crippen LogP contribution in [0.2, 0.25) is 0 Å². The summed E-state index contributed by atoms with van der Waals surface area (Å²) in [4.78, 5) is 31.0. The predicted molar refractivity (Wildman–Crippen MR) is 107 cm³/mol. The first-order valence-corrected chi connectivity index (χ1v) is 9.11. The van der Waals surface area contributed by atoms with E-state index in [4.69, 9.17) is 4.74 Å². The molecule has 1 atom stereocenters. The van der Waals surface area contributed by atoms with Crippen LogP contribution in [0, 0.1) is 16.0 Å². The lowest BCUT2D eigenvalue weighted by Gasteiger charge is -2.14. The number of benzene rings is 1. The summed E-state index contributed by atoms with van der Waals surface area (Å²) in [5.41, 5.74) is 0.724. The third-order valence-corrected chi connectivity index (χ3v) is 3.93. The highest BCUT2D eigenvalue weighted by Gasteiger charge is 2.24. The molecule has 0 saturated heterocycles. The maximum atomic E-state index is 12.0. The maximum Gasteiger partial charge on any atom is 0.353 e. The molecule has 0 bridgehead atoms. The summed E-state index contributed by atoms with van der Waals surface area (Å²) < 4.78 is 5.18. The molecule has 0 aliphatic rings. The Hall–Kier alpha value is -3.23. The lowest BCUT2D eigenvalue weighted by molar-refractivity contribution is -0.383. The number of carbonyl (C=O) groups excluding carboxylic acids is 1. The van der Waals surface area contributed by atoms with Crippen LogP contribution in [0.4, 0.5) is 23.0 Å². The second-order valence-electron chi connectivity index (χ2n) is 6.82. The molecule has 2 N–H and O–H groups in total. The number of hydrogen-bond acceptors (Lipinski definition) is 8. The SMILES string of the molecule is CCC(C)Nc1ncnc(Nc2ccc(C(=O)OCC(C)C)cc2)c1[N+](=O)[O-]. The van der Waals surface area contributed by atoms with E-state index in [1.807, 2.05) is 27.7 Å². The van der Waals surface area contributed by atoms with Crippen LogP contribution in [-0.2, 0) is 4.74 Å². The first-order valence-electron chi connectivity index (χ1n) is 9.11. The van der Waals surface area contributed by atoms with E-state index in [1.165, 1.54) is 6.33 Å². The number of carbonyl (C=O) groups is 1. The number of aromatic nitrogens is 2. The third kappa shape index (κ3) is 5.63. The first kappa shape index (κ1) is 21.1. The van der Waals surface area contributed by atoms with Gasteiger partial charge in [-0.2, -0.15) is 0 Å². The molecule has 2 aromatic rings. The molecule has 9 nitrogen and oxygen atoms in total. The largest absolute Gasteiger partial charge is 0.462 e. The average molecular weight is 387 g/mol. The van der Waals surface area contributed by atoms with Crippen LogP contribution in [-0.4, -0.2) is 33.5 Å². The zero-order valence-corrected chi connectivity index (χ0v) is 16.4. The van der Waals surface area contributed by atoms with Gasteiger partial charge in [-0.1, -0.05) is 20.8 Å². The Labute approximate surface area is 163 Å². The van der Waals surface area contributed by atoms with Crippen molar-refractivity contribution in [2.75, 3.05) is 17.2 Å². The molecule has 1 aromatic heterocycles. The summed E-state index contributed by atoms with van der Waals surface area (Å²) in [5, 5.41) is 17.5. The monoisotopic (exact) mass is 387 g/mol. The van der Waals surface area contributed by atoms with Crippen molar-refractivity contribution < 1.29 is 14.5 Å². The van der Waals surface area contributed by atoms with Crippen LogP contribution < -0.4 is 10.6 Å². The smallest absolute Gasteiger partial charge is 0.353 e. The standard InChI is InChI=1S/C19H25N5O4/c1-5-13(4)22-17-16(24(26)27)18(21-11-20-17)23-15-8-6-14(7-9-15)19(25)28-10-12(2)3/h6-9,11-13H,5,10H2,1-4H3,(H2,20,21,22,23).